The molecule has 0 fully saturated rings. The first-order chi connectivity index (χ1) is 35.1. The molecule has 0 spiro atoms. The molecule has 5 aromatic rings. The molecule has 8 aliphatic rings. The Labute approximate surface area is 421 Å². The first kappa shape index (κ1) is 44.0. The highest BCUT2D eigenvalue weighted by molar-refractivity contribution is 6.17. The number of hydrogen-bond acceptors (Lipinski definition) is 0. The van der Waals surface area contributed by atoms with Gasteiger partial charge in [-0.05, 0) is 228 Å². The van der Waals surface area contributed by atoms with Gasteiger partial charge in [-0.15, -0.1) is 0 Å². The van der Waals surface area contributed by atoms with Crippen LogP contribution in [0.1, 0.15) is 125 Å². The maximum Gasteiger partial charge on any atom is 0.00589 e. The number of fused-ring (bicyclic) bond motifs is 4. The summed E-state index contributed by atoms with van der Waals surface area (Å²) in [6.45, 7) is 2.50. The minimum Gasteiger partial charge on any atom is -0.0842 e. The fraction of sp³-hybridized carbons (Fsp3) is 0.239. The quantitative estimate of drug-likeness (QED) is 0.136. The molecule has 0 aromatic heterocycles. The zero-order valence-electron chi connectivity index (χ0n) is 41.5. The average Bonchev–Trinajstić information content (AvgIpc) is 3.44. The molecule has 348 valence electrons. The molecule has 0 heterocycles. The number of benzene rings is 5. The summed E-state index contributed by atoms with van der Waals surface area (Å²) in [5.41, 5.74) is 21.7. The van der Waals surface area contributed by atoms with E-state index in [2.05, 4.69) is 195 Å². The molecule has 0 aliphatic heterocycles. The van der Waals surface area contributed by atoms with E-state index in [0.29, 0.717) is 11.8 Å². The molecule has 5 aromatic carbocycles. The van der Waals surface area contributed by atoms with Crippen molar-refractivity contribution in [3.63, 3.8) is 0 Å². The highest BCUT2D eigenvalue weighted by Crippen LogP contribution is 2.48. The molecule has 0 nitrogen and oxygen atoms in total. The predicted octanol–water partition coefficient (Wildman–Crippen LogP) is 18.0. The lowest BCUT2D eigenvalue weighted by Crippen LogP contribution is -2.37. The summed E-state index contributed by atoms with van der Waals surface area (Å²) in [5.74, 6) is 0.703. The molecule has 0 saturated heterocycles. The van der Waals surface area contributed by atoms with E-state index in [4.69, 9.17) is 0 Å². The zero-order chi connectivity index (χ0) is 47.3. The van der Waals surface area contributed by atoms with Gasteiger partial charge >= 0.3 is 0 Å². The molecule has 0 N–H and O–H groups in total. The standard InChI is InChI=1S/C71H64/c1-47-44-58(70-61-27-15-14-26-60(61)68(54-34-30-52(31-35-54)48-18-6-2-7-19-48)66-45-56(38-42-64(66)70)50-22-10-4-11-23-50)40-41-59(47)71-63-29-17-16-28-62(63)69(55-36-32-53(33-37-55)49-20-8-3-9-21-49)67-46-57(39-43-65(67)71)51-24-12-5-13-25-51/h2-3,6,8,10,12,14-18,20,22-30,32,34,36,38,40-43,45-47,57H,4-5,7,9,11,13,19,21,31,33,35,37,39,44H2,1H3. The highest BCUT2D eigenvalue weighted by atomic mass is 14.3. The van der Waals surface area contributed by atoms with Crippen molar-refractivity contribution < 1.29 is 0 Å². The fourth-order valence-electron chi connectivity index (χ4n) is 13.4. The molecule has 0 bridgehead atoms. The van der Waals surface area contributed by atoms with E-state index in [1.807, 2.05) is 0 Å². The molecule has 2 unspecified atom stereocenters. The van der Waals surface area contributed by atoms with Gasteiger partial charge in [0.15, 0.2) is 0 Å². The lowest BCUT2D eigenvalue weighted by atomic mass is 9.75. The molecule has 13 rings (SSSR count). The Kier molecular flexibility index (Phi) is 11.7. The van der Waals surface area contributed by atoms with Crippen LogP contribution in [0.15, 0.2) is 204 Å². The van der Waals surface area contributed by atoms with Crippen LogP contribution in [-0.2, 0) is 0 Å². The van der Waals surface area contributed by atoms with Gasteiger partial charge in [0.25, 0.3) is 0 Å². The van der Waals surface area contributed by atoms with Crippen LogP contribution in [0.2, 0.25) is 0 Å². The molecule has 0 heteroatoms. The topological polar surface area (TPSA) is 0 Å². The van der Waals surface area contributed by atoms with Crippen molar-refractivity contribution >= 4 is 72.3 Å². The molecule has 71 heavy (non-hydrogen) atoms. The second-order valence-corrected chi connectivity index (χ2v) is 21.2. The first-order valence-electron chi connectivity index (χ1n) is 27.1. The maximum atomic E-state index is 2.67. The third-order valence-electron chi connectivity index (χ3n) is 17.0. The van der Waals surface area contributed by atoms with Crippen LogP contribution in [0.25, 0.3) is 72.3 Å². The summed E-state index contributed by atoms with van der Waals surface area (Å²) in [6.07, 6.45) is 63.8. The van der Waals surface area contributed by atoms with Crippen molar-refractivity contribution in [3.05, 3.63) is 242 Å². The minimum atomic E-state index is 0.319. The van der Waals surface area contributed by atoms with E-state index < -0.39 is 0 Å². The van der Waals surface area contributed by atoms with E-state index in [-0.39, 0.29) is 0 Å². The third kappa shape index (κ3) is 8.11. The van der Waals surface area contributed by atoms with Crippen molar-refractivity contribution in [1.29, 1.82) is 0 Å². The third-order valence-corrected chi connectivity index (χ3v) is 17.0. The van der Waals surface area contributed by atoms with Gasteiger partial charge in [-0.3, -0.25) is 0 Å². The van der Waals surface area contributed by atoms with Crippen LogP contribution >= 0.6 is 0 Å². The molecule has 0 amide bonds. The second kappa shape index (κ2) is 19.0. The van der Waals surface area contributed by atoms with Crippen molar-refractivity contribution in [2.45, 2.75) is 96.8 Å². The summed E-state index contributed by atoms with van der Waals surface area (Å²) in [5, 5.41) is 11.2. The molecule has 0 saturated carbocycles. The largest absolute Gasteiger partial charge is 0.0842 e. The lowest BCUT2D eigenvalue weighted by Gasteiger charge is -2.29. The lowest BCUT2D eigenvalue weighted by molar-refractivity contribution is 0.771. The van der Waals surface area contributed by atoms with Gasteiger partial charge in [0.1, 0.15) is 0 Å². The Morgan fingerprint density at radius 1 is 0.408 bits per heavy atom. The van der Waals surface area contributed by atoms with Crippen LogP contribution in [-0.4, -0.2) is 0 Å². The van der Waals surface area contributed by atoms with Gasteiger partial charge in [0, 0.05) is 5.92 Å². The Morgan fingerprint density at radius 3 is 1.56 bits per heavy atom. The molecule has 0 radical (unpaired) electrons. The van der Waals surface area contributed by atoms with Gasteiger partial charge in [0.05, 0.1) is 0 Å². The van der Waals surface area contributed by atoms with E-state index in [9.17, 15) is 0 Å². The van der Waals surface area contributed by atoms with Crippen LogP contribution in [0.4, 0.5) is 0 Å². The fourth-order valence-corrected chi connectivity index (χ4v) is 13.4. The van der Waals surface area contributed by atoms with Crippen molar-refractivity contribution in [2.24, 2.45) is 11.8 Å². The summed E-state index contributed by atoms with van der Waals surface area (Å²) >= 11 is 0. The van der Waals surface area contributed by atoms with Crippen LogP contribution < -0.4 is 10.4 Å². The first-order valence-corrected chi connectivity index (χ1v) is 27.1. The maximum absolute atomic E-state index is 2.67. The van der Waals surface area contributed by atoms with Gasteiger partial charge < -0.3 is 0 Å². The van der Waals surface area contributed by atoms with Gasteiger partial charge in [-0.2, -0.15) is 0 Å². The summed E-state index contributed by atoms with van der Waals surface area (Å²) in [4.78, 5) is 0. The summed E-state index contributed by atoms with van der Waals surface area (Å²) in [6, 6.07) is 26.1. The summed E-state index contributed by atoms with van der Waals surface area (Å²) < 4.78 is 0. The normalized spacial score (nSPS) is 21.9. The van der Waals surface area contributed by atoms with Crippen molar-refractivity contribution in [3.8, 4) is 0 Å². The van der Waals surface area contributed by atoms with E-state index in [1.165, 1.54) is 126 Å². The molecule has 2 atom stereocenters. The van der Waals surface area contributed by atoms with Crippen LogP contribution in [0.5, 0.6) is 0 Å². The van der Waals surface area contributed by atoms with Crippen LogP contribution in [0, 0.1) is 11.8 Å². The number of allylic oxidation sites excluding steroid dienone is 28. The predicted molar refractivity (Wildman–Crippen MR) is 308 cm³/mol. The Bertz CT molecular complexity index is 3680. The average molecular weight is 917 g/mol. The summed E-state index contributed by atoms with van der Waals surface area (Å²) in [7, 11) is 0. The number of rotatable bonds is 8. The molecular formula is C71H64. The second-order valence-electron chi connectivity index (χ2n) is 21.2. The van der Waals surface area contributed by atoms with Gasteiger partial charge in [-0.1, -0.05) is 189 Å². The molecular weight excluding hydrogens is 853 g/mol. The monoisotopic (exact) mass is 917 g/mol. The Morgan fingerprint density at radius 2 is 0.972 bits per heavy atom. The van der Waals surface area contributed by atoms with Crippen molar-refractivity contribution in [1.82, 2.24) is 0 Å². The van der Waals surface area contributed by atoms with Crippen LogP contribution in [0.3, 0.4) is 0 Å². The SMILES string of the molecule is CC1CC(c2c3ccccc3c(C3=CC=C(C4=CC=CCC4)CC3)c3cc(C4=CCCC=C4)ccc23)=CC=C1c1c2c(c(C3=CC=C(C4=CC=CCC4)CC3)c3ccccc13)=CC(C1=CCCC=C1)CC=2. The van der Waals surface area contributed by atoms with E-state index in [1.54, 1.807) is 0 Å². The smallest absolute Gasteiger partial charge is 0.00589 e. The highest BCUT2D eigenvalue weighted by Gasteiger charge is 2.28. The Hall–Kier alpha value is -7.02. The number of hydrogen-bond donors (Lipinski definition) is 0. The zero-order valence-corrected chi connectivity index (χ0v) is 41.5. The van der Waals surface area contributed by atoms with Crippen molar-refractivity contribution in [2.75, 3.05) is 0 Å². The van der Waals surface area contributed by atoms with E-state index in [0.717, 1.165) is 89.9 Å². The molecule has 8 aliphatic carbocycles. The Balaban J connectivity index is 0.986. The van der Waals surface area contributed by atoms with E-state index >= 15 is 0 Å². The van der Waals surface area contributed by atoms with Gasteiger partial charge in [-0.25, -0.2) is 0 Å². The van der Waals surface area contributed by atoms with Gasteiger partial charge in [0.2, 0.25) is 0 Å². The minimum absolute atomic E-state index is 0.319.